The second-order valence-electron chi connectivity index (χ2n) is 9.65. The zero-order valence-corrected chi connectivity index (χ0v) is 19.6. The topological polar surface area (TPSA) is 117 Å². The Labute approximate surface area is 201 Å². The number of aromatic nitrogens is 2. The van der Waals surface area contributed by atoms with Gasteiger partial charge in [0.05, 0.1) is 28.3 Å². The number of nitrogens with zero attached hydrogens (tertiary/aromatic N) is 3. The summed E-state index contributed by atoms with van der Waals surface area (Å²) in [5.74, 6) is -0.202. The SMILES string of the molecule is CC(C)=C1NC(=O)[C@@H](C[C@]2(O)c3ccccc3N3C(=O)[C@H](C)N[C@H]32)n2c1nc1ccccc1c2=O. The lowest BCUT2D eigenvalue weighted by molar-refractivity contribution is -0.126. The largest absolute Gasteiger partial charge is 0.381 e. The lowest BCUT2D eigenvalue weighted by atomic mass is 9.85. The first-order chi connectivity index (χ1) is 16.7. The van der Waals surface area contributed by atoms with E-state index in [9.17, 15) is 19.5 Å². The van der Waals surface area contributed by atoms with Gasteiger partial charge in [-0.1, -0.05) is 30.3 Å². The number of allylic oxidation sites excluding steroid dienone is 1. The number of nitrogens with one attached hydrogen (secondary N) is 2. The zero-order valence-electron chi connectivity index (χ0n) is 19.6. The second-order valence-corrected chi connectivity index (χ2v) is 9.65. The molecule has 6 rings (SSSR count). The molecule has 3 aliphatic rings. The number of hydrogen-bond donors (Lipinski definition) is 3. The third kappa shape index (κ3) is 2.88. The van der Waals surface area contributed by atoms with Gasteiger partial charge in [0.25, 0.3) is 5.56 Å². The Balaban J connectivity index is 1.56. The van der Waals surface area contributed by atoms with E-state index >= 15 is 0 Å². The first kappa shape index (κ1) is 21.7. The van der Waals surface area contributed by atoms with Gasteiger partial charge < -0.3 is 10.4 Å². The molecule has 35 heavy (non-hydrogen) atoms. The summed E-state index contributed by atoms with van der Waals surface area (Å²) in [6.45, 7) is 5.43. The number of carbonyl (C=O) groups is 2. The van der Waals surface area contributed by atoms with Gasteiger partial charge in [0.1, 0.15) is 17.8 Å². The smallest absolute Gasteiger partial charge is 0.262 e. The molecule has 4 atom stereocenters. The van der Waals surface area contributed by atoms with E-state index in [1.165, 1.54) is 4.57 Å². The average Bonchev–Trinajstić information content (AvgIpc) is 3.27. The molecule has 1 saturated heterocycles. The van der Waals surface area contributed by atoms with E-state index in [2.05, 4.69) is 10.6 Å². The number of hydrogen-bond acceptors (Lipinski definition) is 6. The monoisotopic (exact) mass is 471 g/mol. The Bertz CT molecular complexity index is 1520. The van der Waals surface area contributed by atoms with E-state index < -0.39 is 29.8 Å². The van der Waals surface area contributed by atoms with Crippen molar-refractivity contribution in [3.8, 4) is 0 Å². The maximum atomic E-state index is 13.7. The van der Waals surface area contributed by atoms with E-state index in [0.29, 0.717) is 33.7 Å². The van der Waals surface area contributed by atoms with Crippen LogP contribution in [0, 0.1) is 0 Å². The van der Waals surface area contributed by atoms with Crippen LogP contribution in [0.3, 0.4) is 0 Å². The van der Waals surface area contributed by atoms with Crippen molar-refractivity contribution in [1.82, 2.24) is 20.2 Å². The van der Waals surface area contributed by atoms with Gasteiger partial charge in [-0.05, 0) is 44.5 Å². The minimum atomic E-state index is -1.61. The number of carbonyl (C=O) groups excluding carboxylic acids is 2. The number of amides is 2. The first-order valence-electron chi connectivity index (χ1n) is 11.6. The minimum Gasteiger partial charge on any atom is -0.381 e. The predicted molar refractivity (Wildman–Crippen MR) is 130 cm³/mol. The summed E-state index contributed by atoms with van der Waals surface area (Å²) < 4.78 is 1.40. The minimum absolute atomic E-state index is 0.118. The van der Waals surface area contributed by atoms with Crippen LogP contribution in [0.5, 0.6) is 0 Å². The number of fused-ring (bicyclic) bond motifs is 5. The van der Waals surface area contributed by atoms with Crippen LogP contribution in [-0.2, 0) is 15.2 Å². The fourth-order valence-corrected chi connectivity index (χ4v) is 5.56. The molecule has 0 bridgehead atoms. The highest BCUT2D eigenvalue weighted by molar-refractivity contribution is 6.02. The van der Waals surface area contributed by atoms with E-state index in [4.69, 9.17) is 4.98 Å². The molecule has 3 N–H and O–H groups in total. The number of benzene rings is 2. The van der Waals surface area contributed by atoms with E-state index in [1.54, 1.807) is 48.2 Å². The summed E-state index contributed by atoms with van der Waals surface area (Å²) in [7, 11) is 0. The Morgan fingerprint density at radius 2 is 1.80 bits per heavy atom. The summed E-state index contributed by atoms with van der Waals surface area (Å²) in [4.78, 5) is 46.4. The van der Waals surface area contributed by atoms with Crippen molar-refractivity contribution in [2.24, 2.45) is 0 Å². The molecule has 3 aromatic rings. The molecule has 1 aromatic heterocycles. The number of para-hydroxylation sites is 2. The van der Waals surface area contributed by atoms with Gasteiger partial charge in [0, 0.05) is 12.0 Å². The number of anilines is 1. The molecule has 1 fully saturated rings. The summed E-state index contributed by atoms with van der Waals surface area (Å²) in [5.41, 5.74) is 1.02. The van der Waals surface area contributed by atoms with Crippen LogP contribution < -0.4 is 21.1 Å². The highest BCUT2D eigenvalue weighted by atomic mass is 16.3. The molecular formula is C26H25N5O4. The Morgan fingerprint density at radius 1 is 1.09 bits per heavy atom. The standard InChI is InChI=1S/C26H25N5O4/c1-13(2)20-21-28-17-10-6-4-8-15(17)24(34)30(21)19(22(32)29-20)12-26(35)16-9-5-7-11-18(16)31-23(33)14(3)27-25(26)31/h4-11,14,19,25,27,35H,12H2,1-3H3,(H,29,32)/t14-,19+,25+,26-/m0/s1. The molecule has 0 aliphatic carbocycles. The van der Waals surface area contributed by atoms with Crippen molar-refractivity contribution in [2.45, 2.75) is 51.0 Å². The van der Waals surface area contributed by atoms with Gasteiger partial charge >= 0.3 is 0 Å². The molecule has 9 nitrogen and oxygen atoms in total. The van der Waals surface area contributed by atoms with Gasteiger partial charge in [-0.15, -0.1) is 0 Å². The highest BCUT2D eigenvalue weighted by Crippen LogP contribution is 2.49. The highest BCUT2D eigenvalue weighted by Gasteiger charge is 2.58. The van der Waals surface area contributed by atoms with Crippen LogP contribution in [0.1, 0.15) is 44.6 Å². The summed E-state index contributed by atoms with van der Waals surface area (Å²) in [6, 6.07) is 12.6. The summed E-state index contributed by atoms with van der Waals surface area (Å²) >= 11 is 0. The third-order valence-corrected chi connectivity index (χ3v) is 7.25. The summed E-state index contributed by atoms with van der Waals surface area (Å²) in [5, 5.41) is 18.6. The van der Waals surface area contributed by atoms with Gasteiger partial charge in [-0.25, -0.2) is 4.98 Å². The maximum Gasteiger partial charge on any atom is 0.262 e. The lowest BCUT2D eigenvalue weighted by Gasteiger charge is -2.36. The van der Waals surface area contributed by atoms with Crippen LogP contribution in [0.15, 0.2) is 58.9 Å². The van der Waals surface area contributed by atoms with Crippen LogP contribution in [0.2, 0.25) is 0 Å². The quantitative estimate of drug-likeness (QED) is 0.525. The van der Waals surface area contributed by atoms with Crippen molar-refractivity contribution in [3.05, 3.63) is 75.8 Å². The number of aliphatic hydroxyl groups is 1. The fraction of sp³-hybridized carbons (Fsp3) is 0.308. The molecule has 4 heterocycles. The van der Waals surface area contributed by atoms with E-state index in [-0.39, 0.29) is 17.9 Å². The van der Waals surface area contributed by atoms with E-state index in [1.807, 2.05) is 26.0 Å². The molecule has 0 spiro atoms. The first-order valence-corrected chi connectivity index (χ1v) is 11.6. The van der Waals surface area contributed by atoms with Crippen LogP contribution in [-0.4, -0.2) is 38.7 Å². The fourth-order valence-electron chi connectivity index (χ4n) is 5.56. The van der Waals surface area contributed by atoms with E-state index in [0.717, 1.165) is 5.57 Å². The molecule has 0 saturated carbocycles. The molecule has 9 heteroatoms. The Hall–Kier alpha value is -3.82. The van der Waals surface area contributed by atoms with Crippen molar-refractivity contribution in [2.75, 3.05) is 4.90 Å². The predicted octanol–water partition coefficient (Wildman–Crippen LogP) is 1.76. The van der Waals surface area contributed by atoms with Crippen LogP contribution in [0.25, 0.3) is 16.6 Å². The average molecular weight is 472 g/mol. The maximum absolute atomic E-state index is 13.7. The molecule has 0 unspecified atom stereocenters. The second kappa shape index (κ2) is 7.34. The third-order valence-electron chi connectivity index (χ3n) is 7.25. The van der Waals surface area contributed by atoms with Crippen LogP contribution in [0.4, 0.5) is 5.69 Å². The van der Waals surface area contributed by atoms with Crippen LogP contribution >= 0.6 is 0 Å². The van der Waals surface area contributed by atoms with Crippen molar-refractivity contribution >= 4 is 34.1 Å². The van der Waals surface area contributed by atoms with Gasteiger partial charge in [0.15, 0.2) is 5.82 Å². The molecule has 178 valence electrons. The normalized spacial score (nSPS) is 27.0. The lowest BCUT2D eigenvalue weighted by Crippen LogP contribution is -2.53. The molecular weight excluding hydrogens is 446 g/mol. The Kier molecular flexibility index (Phi) is 4.55. The summed E-state index contributed by atoms with van der Waals surface area (Å²) in [6.07, 6.45) is -0.875. The van der Waals surface area contributed by atoms with Gasteiger partial charge in [-0.3, -0.25) is 29.2 Å². The van der Waals surface area contributed by atoms with Gasteiger partial charge in [0.2, 0.25) is 11.8 Å². The molecule has 2 aromatic carbocycles. The zero-order chi connectivity index (χ0) is 24.6. The van der Waals surface area contributed by atoms with Gasteiger partial charge in [-0.2, -0.15) is 0 Å². The molecule has 2 amide bonds. The molecule has 3 aliphatic heterocycles. The van der Waals surface area contributed by atoms with Crippen molar-refractivity contribution in [3.63, 3.8) is 0 Å². The Morgan fingerprint density at radius 3 is 2.57 bits per heavy atom. The number of rotatable bonds is 2. The van der Waals surface area contributed by atoms with Crippen molar-refractivity contribution in [1.29, 1.82) is 0 Å². The molecule has 0 radical (unpaired) electrons. The van der Waals surface area contributed by atoms with Crippen molar-refractivity contribution < 1.29 is 14.7 Å².